The lowest BCUT2D eigenvalue weighted by Gasteiger charge is -2.31. The van der Waals surface area contributed by atoms with E-state index in [-0.39, 0.29) is 17.7 Å². The molecule has 0 saturated heterocycles. The van der Waals surface area contributed by atoms with Crippen LogP contribution in [-0.2, 0) is 4.79 Å². The van der Waals surface area contributed by atoms with Crippen LogP contribution in [0.4, 0.5) is 10.2 Å². The zero-order chi connectivity index (χ0) is 22.7. The topological polar surface area (TPSA) is 107 Å². The van der Waals surface area contributed by atoms with Crippen molar-refractivity contribution in [3.63, 3.8) is 0 Å². The van der Waals surface area contributed by atoms with Gasteiger partial charge in [-0.2, -0.15) is 0 Å². The maximum absolute atomic E-state index is 14.9. The second-order valence-corrected chi connectivity index (χ2v) is 7.41. The van der Waals surface area contributed by atoms with Gasteiger partial charge in [0.15, 0.2) is 0 Å². The molecule has 0 spiro atoms. The number of carbonyl (C=O) groups excluding carboxylic acids is 1. The molecule has 5 N–H and O–H groups in total. The lowest BCUT2D eigenvalue weighted by Crippen LogP contribution is -2.35. The molecule has 8 heteroatoms. The molecule has 162 valence electrons. The van der Waals surface area contributed by atoms with Crippen LogP contribution in [0.2, 0.25) is 0 Å². The number of fused-ring (bicyclic) bond motifs is 1. The largest absolute Gasteiger partial charge is 0.404 e. The summed E-state index contributed by atoms with van der Waals surface area (Å²) in [6.07, 6.45) is 16.8. The first-order chi connectivity index (χ1) is 15.5. The Kier molecular flexibility index (Phi) is 5.85. The highest BCUT2D eigenvalue weighted by atomic mass is 19.1. The summed E-state index contributed by atoms with van der Waals surface area (Å²) in [7, 11) is 0. The lowest BCUT2D eigenvalue weighted by atomic mass is 9.92. The number of aromatic nitrogens is 1. The van der Waals surface area contributed by atoms with Gasteiger partial charge in [0.1, 0.15) is 17.8 Å². The van der Waals surface area contributed by atoms with Crippen molar-refractivity contribution in [2.75, 3.05) is 5.32 Å². The molecule has 0 saturated carbocycles. The molecular formula is C24H23FN6O. The highest BCUT2D eigenvalue weighted by Crippen LogP contribution is 2.35. The average molecular weight is 430 g/mol. The number of amides is 1. The molecule has 2 unspecified atom stereocenters. The third-order valence-corrected chi connectivity index (χ3v) is 5.47. The number of allylic oxidation sites excluding steroid dienone is 5. The number of anilines is 1. The Labute approximate surface area is 185 Å². The van der Waals surface area contributed by atoms with Crippen molar-refractivity contribution < 1.29 is 9.18 Å². The highest BCUT2D eigenvalue weighted by Gasteiger charge is 2.32. The molecule has 0 bridgehead atoms. The van der Waals surface area contributed by atoms with Gasteiger partial charge in [-0.1, -0.05) is 24.8 Å². The van der Waals surface area contributed by atoms with Crippen molar-refractivity contribution in [3.8, 4) is 0 Å². The van der Waals surface area contributed by atoms with Crippen LogP contribution in [-0.4, -0.2) is 28.2 Å². The van der Waals surface area contributed by atoms with E-state index in [1.165, 1.54) is 18.5 Å². The number of nitrogens with zero attached hydrogens (tertiary/aromatic N) is 2. The van der Waals surface area contributed by atoms with E-state index >= 15 is 0 Å². The maximum Gasteiger partial charge on any atom is 0.259 e. The molecular weight excluding hydrogens is 407 g/mol. The number of nitrogens with two attached hydrogens (primary N) is 1. The van der Waals surface area contributed by atoms with Gasteiger partial charge in [-0.15, -0.1) is 0 Å². The minimum Gasteiger partial charge on any atom is -0.404 e. The number of hydrogen-bond acceptors (Lipinski definition) is 6. The van der Waals surface area contributed by atoms with Crippen LogP contribution in [0.5, 0.6) is 0 Å². The molecule has 2 atom stereocenters. The summed E-state index contributed by atoms with van der Waals surface area (Å²) in [4.78, 5) is 18.7. The van der Waals surface area contributed by atoms with E-state index in [0.717, 1.165) is 16.8 Å². The summed E-state index contributed by atoms with van der Waals surface area (Å²) in [5.41, 5.74) is 8.67. The number of carbonyl (C=O) groups is 1. The van der Waals surface area contributed by atoms with E-state index in [4.69, 9.17) is 11.1 Å². The molecule has 4 rings (SSSR count). The number of halogens is 1. The molecule has 0 fully saturated rings. The molecule has 2 aliphatic heterocycles. The first kappa shape index (κ1) is 21.0. The first-order valence-corrected chi connectivity index (χ1v) is 10.1. The highest BCUT2D eigenvalue weighted by molar-refractivity contribution is 6.06. The number of hydrogen-bond donors (Lipinski definition) is 4. The van der Waals surface area contributed by atoms with Gasteiger partial charge in [0, 0.05) is 53.8 Å². The first-order valence-electron chi connectivity index (χ1n) is 10.1. The second kappa shape index (κ2) is 8.89. The zero-order valence-corrected chi connectivity index (χ0v) is 17.3. The van der Waals surface area contributed by atoms with E-state index in [1.807, 2.05) is 29.5 Å². The fraction of sp³-hybridized carbons (Fsp3) is 0.125. The smallest absolute Gasteiger partial charge is 0.259 e. The fourth-order valence-corrected chi connectivity index (χ4v) is 3.74. The predicted molar refractivity (Wildman–Crippen MR) is 123 cm³/mol. The summed E-state index contributed by atoms with van der Waals surface area (Å²) in [5.74, 6) is -1.03. The van der Waals surface area contributed by atoms with Crippen LogP contribution in [0.1, 0.15) is 12.0 Å². The van der Waals surface area contributed by atoms with Crippen molar-refractivity contribution >= 4 is 24.0 Å². The summed E-state index contributed by atoms with van der Waals surface area (Å²) in [6.45, 7) is 3.66. The van der Waals surface area contributed by atoms with Gasteiger partial charge in [0.05, 0.1) is 5.57 Å². The van der Waals surface area contributed by atoms with E-state index < -0.39 is 11.7 Å². The van der Waals surface area contributed by atoms with E-state index in [1.54, 1.807) is 30.5 Å². The molecule has 1 aromatic heterocycles. The molecule has 32 heavy (non-hydrogen) atoms. The standard InChI is InChI=1S/C24H23FN6O/c1-2-15-3-7-22(28-12-15)30-24(32)19-6-4-16(9-20(19)25)21-13-29-23-8-5-17(14-31(21)23)18(10-26)11-27/h2-3,5-14,16,23,26,29H,1,4,27H2,(H,28,30,32). The van der Waals surface area contributed by atoms with Crippen LogP contribution < -0.4 is 16.4 Å². The van der Waals surface area contributed by atoms with Crippen LogP contribution in [0.15, 0.2) is 96.1 Å². The summed E-state index contributed by atoms with van der Waals surface area (Å²) >= 11 is 0. The van der Waals surface area contributed by atoms with Crippen LogP contribution in [0.25, 0.3) is 6.08 Å². The Morgan fingerprint density at radius 1 is 1.44 bits per heavy atom. The average Bonchev–Trinajstić information content (AvgIpc) is 3.23. The van der Waals surface area contributed by atoms with Gasteiger partial charge in [0.2, 0.25) is 0 Å². The minimum absolute atomic E-state index is 0.00844. The molecule has 3 heterocycles. The van der Waals surface area contributed by atoms with E-state index in [9.17, 15) is 9.18 Å². The van der Waals surface area contributed by atoms with Crippen LogP contribution >= 0.6 is 0 Å². The quantitative estimate of drug-likeness (QED) is 0.517. The van der Waals surface area contributed by atoms with Crippen LogP contribution in [0.3, 0.4) is 0 Å². The van der Waals surface area contributed by atoms with Gasteiger partial charge in [-0.3, -0.25) is 4.79 Å². The minimum atomic E-state index is -0.579. The normalized spacial score (nSPS) is 22.0. The molecule has 3 aliphatic rings. The van der Waals surface area contributed by atoms with Crippen molar-refractivity contribution in [2.24, 2.45) is 11.7 Å². The van der Waals surface area contributed by atoms with Crippen LogP contribution in [0, 0.1) is 11.3 Å². The monoisotopic (exact) mass is 430 g/mol. The predicted octanol–water partition coefficient (Wildman–Crippen LogP) is 3.48. The van der Waals surface area contributed by atoms with Gasteiger partial charge in [-0.25, -0.2) is 9.37 Å². The van der Waals surface area contributed by atoms with Gasteiger partial charge >= 0.3 is 0 Å². The third-order valence-electron chi connectivity index (χ3n) is 5.47. The lowest BCUT2D eigenvalue weighted by molar-refractivity contribution is -0.112. The zero-order valence-electron chi connectivity index (χ0n) is 17.3. The Balaban J connectivity index is 1.47. The van der Waals surface area contributed by atoms with Crippen molar-refractivity contribution in [3.05, 3.63) is 102 Å². The van der Waals surface area contributed by atoms with Crippen molar-refractivity contribution in [2.45, 2.75) is 12.6 Å². The fourth-order valence-electron chi connectivity index (χ4n) is 3.74. The molecule has 1 aromatic rings. The SMILES string of the molecule is C=Cc1ccc(NC(=O)C2=CCC(C3=CNC4C=CC(C(C=N)=CN)=CN34)C=C2F)nc1. The molecule has 0 aromatic carbocycles. The van der Waals surface area contributed by atoms with E-state index in [2.05, 4.69) is 22.2 Å². The number of nitrogens with one attached hydrogen (secondary N) is 3. The third kappa shape index (κ3) is 4.02. The van der Waals surface area contributed by atoms with Gasteiger partial charge in [0.25, 0.3) is 5.91 Å². The summed E-state index contributed by atoms with van der Waals surface area (Å²) in [5, 5.41) is 13.4. The summed E-state index contributed by atoms with van der Waals surface area (Å²) in [6, 6.07) is 3.41. The Bertz CT molecular complexity index is 1140. The molecule has 0 radical (unpaired) electrons. The van der Waals surface area contributed by atoms with Crippen molar-refractivity contribution in [1.82, 2.24) is 15.2 Å². The molecule has 7 nitrogen and oxygen atoms in total. The maximum atomic E-state index is 14.9. The van der Waals surface area contributed by atoms with Gasteiger partial charge in [-0.05, 0) is 36.3 Å². The molecule has 1 aliphatic carbocycles. The summed E-state index contributed by atoms with van der Waals surface area (Å²) < 4.78 is 14.9. The Morgan fingerprint density at radius 3 is 2.94 bits per heavy atom. The number of pyridine rings is 1. The second-order valence-electron chi connectivity index (χ2n) is 7.41. The molecule has 1 amide bonds. The Morgan fingerprint density at radius 2 is 2.28 bits per heavy atom. The van der Waals surface area contributed by atoms with Crippen molar-refractivity contribution in [1.29, 1.82) is 5.41 Å². The van der Waals surface area contributed by atoms with E-state index in [0.29, 0.717) is 17.8 Å². The number of rotatable bonds is 6. The Hall–Kier alpha value is -4.20. The van der Waals surface area contributed by atoms with Gasteiger partial charge < -0.3 is 26.7 Å².